The Labute approximate surface area is 127 Å². The van der Waals surface area contributed by atoms with Crippen molar-refractivity contribution in [3.8, 4) is 0 Å². The van der Waals surface area contributed by atoms with Crippen LogP contribution in [0.1, 0.15) is 15.9 Å². The van der Waals surface area contributed by atoms with E-state index in [1.807, 2.05) is 24.5 Å². The van der Waals surface area contributed by atoms with Gasteiger partial charge in [-0.1, -0.05) is 24.3 Å². The van der Waals surface area contributed by atoms with E-state index in [1.54, 1.807) is 30.3 Å². The number of carbonyl (C=O) groups is 2. The normalized spacial score (nSPS) is 10.1. The second kappa shape index (κ2) is 6.95. The number of rotatable bonds is 5. The van der Waals surface area contributed by atoms with E-state index in [0.29, 0.717) is 16.8 Å². The van der Waals surface area contributed by atoms with Gasteiger partial charge in [-0.15, -0.1) is 11.8 Å². The molecule has 4 nitrogen and oxygen atoms in total. The third-order valence-electron chi connectivity index (χ3n) is 2.89. The van der Waals surface area contributed by atoms with Crippen LogP contribution in [0.5, 0.6) is 0 Å². The number of aliphatic carboxylic acids is 1. The van der Waals surface area contributed by atoms with Crippen LogP contribution in [0.25, 0.3) is 0 Å². The molecule has 0 heterocycles. The van der Waals surface area contributed by atoms with Crippen LogP contribution in [0.4, 0.5) is 5.69 Å². The Morgan fingerprint density at radius 3 is 2.62 bits per heavy atom. The number of carbonyl (C=O) groups excluding carboxylic acids is 1. The molecule has 2 rings (SSSR count). The molecule has 0 saturated carbocycles. The molecule has 2 N–H and O–H groups in total. The molecule has 0 spiro atoms. The monoisotopic (exact) mass is 301 g/mol. The Balaban J connectivity index is 2.17. The molecule has 0 aliphatic carbocycles. The highest BCUT2D eigenvalue weighted by atomic mass is 32.2. The Kier molecular flexibility index (Phi) is 5.00. The molecule has 0 aromatic heterocycles. The predicted molar refractivity (Wildman–Crippen MR) is 84.0 cm³/mol. The van der Waals surface area contributed by atoms with Gasteiger partial charge in [0.1, 0.15) is 0 Å². The summed E-state index contributed by atoms with van der Waals surface area (Å²) in [6.45, 7) is 0. The lowest BCUT2D eigenvalue weighted by Crippen LogP contribution is -2.13. The summed E-state index contributed by atoms with van der Waals surface area (Å²) < 4.78 is 0. The molecule has 1 amide bonds. The molecule has 2 aromatic rings. The molecular weight excluding hydrogens is 286 g/mol. The maximum atomic E-state index is 12.3. The molecule has 0 aliphatic rings. The first-order valence-corrected chi connectivity index (χ1v) is 7.57. The number of hydrogen-bond acceptors (Lipinski definition) is 3. The van der Waals surface area contributed by atoms with Crippen LogP contribution >= 0.6 is 11.8 Å². The molecule has 0 radical (unpaired) electrons. The molecule has 0 atom stereocenters. The average Bonchev–Trinajstić information content (AvgIpc) is 2.46. The average molecular weight is 301 g/mol. The summed E-state index contributed by atoms with van der Waals surface area (Å²) in [6.07, 6.45) is 1.85. The standard InChI is InChI=1S/C16H15NO3S/c1-21-14-8-3-2-7-13(14)16(20)17-12-6-4-5-11(9-12)10-15(18)19/h2-9H,10H2,1H3,(H,17,20)(H,18,19). The van der Waals surface area contributed by atoms with Crippen LogP contribution in [0.15, 0.2) is 53.4 Å². The van der Waals surface area contributed by atoms with Gasteiger partial charge < -0.3 is 10.4 Å². The van der Waals surface area contributed by atoms with Gasteiger partial charge in [0.25, 0.3) is 5.91 Å². The Hall–Kier alpha value is -2.27. The van der Waals surface area contributed by atoms with Crippen molar-refractivity contribution in [2.45, 2.75) is 11.3 Å². The minimum atomic E-state index is -0.897. The summed E-state index contributed by atoms with van der Waals surface area (Å²) in [5.74, 6) is -1.10. The van der Waals surface area contributed by atoms with Gasteiger partial charge in [0.15, 0.2) is 0 Å². The van der Waals surface area contributed by atoms with Crippen LogP contribution in [-0.2, 0) is 11.2 Å². The van der Waals surface area contributed by atoms with E-state index >= 15 is 0 Å². The van der Waals surface area contributed by atoms with Gasteiger partial charge in [0, 0.05) is 10.6 Å². The van der Waals surface area contributed by atoms with E-state index in [2.05, 4.69) is 5.32 Å². The molecule has 2 aromatic carbocycles. The number of nitrogens with one attached hydrogen (secondary N) is 1. The summed E-state index contributed by atoms with van der Waals surface area (Å²) >= 11 is 1.51. The van der Waals surface area contributed by atoms with Crippen molar-refractivity contribution in [1.29, 1.82) is 0 Å². The SMILES string of the molecule is CSc1ccccc1C(=O)Nc1cccc(CC(=O)O)c1. The molecule has 21 heavy (non-hydrogen) atoms. The second-order valence-electron chi connectivity index (χ2n) is 4.43. The molecule has 0 aliphatic heterocycles. The van der Waals surface area contributed by atoms with Gasteiger partial charge in [-0.2, -0.15) is 0 Å². The summed E-state index contributed by atoms with van der Waals surface area (Å²) in [4.78, 5) is 23.9. The maximum absolute atomic E-state index is 12.3. The van der Waals surface area contributed by atoms with Crippen molar-refractivity contribution in [3.63, 3.8) is 0 Å². The number of amides is 1. The largest absolute Gasteiger partial charge is 0.481 e. The van der Waals surface area contributed by atoms with Gasteiger partial charge in [-0.3, -0.25) is 9.59 Å². The highest BCUT2D eigenvalue weighted by Gasteiger charge is 2.11. The topological polar surface area (TPSA) is 66.4 Å². The van der Waals surface area contributed by atoms with E-state index in [0.717, 1.165) is 4.90 Å². The third kappa shape index (κ3) is 4.10. The van der Waals surface area contributed by atoms with E-state index in [9.17, 15) is 9.59 Å². The van der Waals surface area contributed by atoms with Crippen molar-refractivity contribution in [2.24, 2.45) is 0 Å². The predicted octanol–water partition coefficient (Wildman–Crippen LogP) is 3.29. The zero-order chi connectivity index (χ0) is 15.2. The van der Waals surface area contributed by atoms with E-state index in [4.69, 9.17) is 5.11 Å². The molecule has 0 fully saturated rings. The van der Waals surface area contributed by atoms with Crippen LogP contribution in [-0.4, -0.2) is 23.2 Å². The van der Waals surface area contributed by atoms with Crippen molar-refractivity contribution < 1.29 is 14.7 Å². The minimum absolute atomic E-state index is 0.0644. The summed E-state index contributed by atoms with van der Waals surface area (Å²) in [5.41, 5.74) is 1.85. The molecular formula is C16H15NO3S. The number of carboxylic acids is 1. The molecule has 0 unspecified atom stereocenters. The first kappa shape index (κ1) is 15.1. The third-order valence-corrected chi connectivity index (χ3v) is 3.69. The lowest BCUT2D eigenvalue weighted by molar-refractivity contribution is -0.136. The van der Waals surface area contributed by atoms with Crippen molar-refractivity contribution in [2.75, 3.05) is 11.6 Å². The first-order valence-electron chi connectivity index (χ1n) is 6.35. The highest BCUT2D eigenvalue weighted by molar-refractivity contribution is 7.98. The Bertz CT molecular complexity index is 670. The summed E-state index contributed by atoms with van der Waals surface area (Å²) in [7, 11) is 0. The Morgan fingerprint density at radius 1 is 1.14 bits per heavy atom. The number of benzene rings is 2. The van der Waals surface area contributed by atoms with Crippen LogP contribution in [0.2, 0.25) is 0 Å². The smallest absolute Gasteiger partial charge is 0.307 e. The first-order chi connectivity index (χ1) is 10.1. The van der Waals surface area contributed by atoms with E-state index < -0.39 is 5.97 Å². The zero-order valence-electron chi connectivity index (χ0n) is 11.5. The van der Waals surface area contributed by atoms with Crippen molar-refractivity contribution in [3.05, 3.63) is 59.7 Å². The van der Waals surface area contributed by atoms with Gasteiger partial charge in [0.2, 0.25) is 0 Å². The zero-order valence-corrected chi connectivity index (χ0v) is 12.3. The number of hydrogen-bond donors (Lipinski definition) is 2. The van der Waals surface area contributed by atoms with Crippen LogP contribution < -0.4 is 5.32 Å². The van der Waals surface area contributed by atoms with Gasteiger partial charge >= 0.3 is 5.97 Å². The van der Waals surface area contributed by atoms with E-state index in [-0.39, 0.29) is 12.3 Å². The van der Waals surface area contributed by atoms with Gasteiger partial charge in [-0.05, 0) is 36.1 Å². The summed E-state index contributed by atoms with van der Waals surface area (Å²) in [6, 6.07) is 14.2. The lowest BCUT2D eigenvalue weighted by Gasteiger charge is -2.09. The fraction of sp³-hybridized carbons (Fsp3) is 0.125. The fourth-order valence-corrected chi connectivity index (χ4v) is 2.56. The summed E-state index contributed by atoms with van der Waals surface area (Å²) in [5, 5.41) is 11.6. The highest BCUT2D eigenvalue weighted by Crippen LogP contribution is 2.21. The van der Waals surface area contributed by atoms with Gasteiger partial charge in [-0.25, -0.2) is 0 Å². The van der Waals surface area contributed by atoms with Crippen molar-refractivity contribution >= 4 is 29.3 Å². The quantitative estimate of drug-likeness (QED) is 0.832. The van der Waals surface area contributed by atoms with Gasteiger partial charge in [0.05, 0.1) is 12.0 Å². The number of thioether (sulfide) groups is 1. The molecule has 108 valence electrons. The fourth-order valence-electron chi connectivity index (χ4n) is 1.96. The molecule has 5 heteroatoms. The minimum Gasteiger partial charge on any atom is -0.481 e. The van der Waals surface area contributed by atoms with Crippen molar-refractivity contribution in [1.82, 2.24) is 0 Å². The van der Waals surface area contributed by atoms with E-state index in [1.165, 1.54) is 11.8 Å². The Morgan fingerprint density at radius 2 is 1.90 bits per heavy atom. The lowest BCUT2D eigenvalue weighted by atomic mass is 10.1. The number of anilines is 1. The molecule has 0 bridgehead atoms. The van der Waals surface area contributed by atoms with Crippen LogP contribution in [0.3, 0.4) is 0 Å². The second-order valence-corrected chi connectivity index (χ2v) is 5.27. The number of carboxylic acid groups (broad SMARTS) is 1. The maximum Gasteiger partial charge on any atom is 0.307 e. The molecule has 0 saturated heterocycles. The van der Waals surface area contributed by atoms with Crippen LogP contribution in [0, 0.1) is 0 Å².